The van der Waals surface area contributed by atoms with Crippen LogP contribution in [-0.4, -0.2) is 17.8 Å². The SMILES string of the molecule is CCc1ccc(N2C(=O)NC(=O)/C(=C\c3ccc(-c4ccc(F)cc4)o3)C2=O)cc1. The molecule has 2 heterocycles. The molecule has 4 rings (SSSR count). The number of hydrogen-bond acceptors (Lipinski definition) is 4. The van der Waals surface area contributed by atoms with Gasteiger partial charge < -0.3 is 4.42 Å². The van der Waals surface area contributed by atoms with Crippen LogP contribution >= 0.6 is 0 Å². The second kappa shape index (κ2) is 7.79. The molecular formula is C23H17FN2O4. The first kappa shape index (κ1) is 19.3. The van der Waals surface area contributed by atoms with Crippen LogP contribution in [0.5, 0.6) is 0 Å². The molecule has 2 aromatic carbocycles. The molecular weight excluding hydrogens is 387 g/mol. The predicted octanol–water partition coefficient (Wildman–Crippen LogP) is 4.31. The lowest BCUT2D eigenvalue weighted by Gasteiger charge is -2.26. The Balaban J connectivity index is 1.65. The molecule has 7 heteroatoms. The van der Waals surface area contributed by atoms with Gasteiger partial charge in [-0.2, -0.15) is 0 Å². The van der Waals surface area contributed by atoms with Crippen molar-refractivity contribution < 1.29 is 23.2 Å². The number of barbiturate groups is 1. The molecule has 0 bridgehead atoms. The molecule has 1 saturated heterocycles. The van der Waals surface area contributed by atoms with Gasteiger partial charge in [0.15, 0.2) is 0 Å². The molecule has 0 atom stereocenters. The number of amides is 4. The Morgan fingerprint density at radius 3 is 2.33 bits per heavy atom. The van der Waals surface area contributed by atoms with Gasteiger partial charge in [-0.1, -0.05) is 19.1 Å². The summed E-state index contributed by atoms with van der Waals surface area (Å²) in [6.07, 6.45) is 2.10. The molecule has 0 saturated carbocycles. The lowest BCUT2D eigenvalue weighted by Crippen LogP contribution is -2.54. The quantitative estimate of drug-likeness (QED) is 0.519. The van der Waals surface area contributed by atoms with Crippen molar-refractivity contribution in [3.8, 4) is 11.3 Å². The van der Waals surface area contributed by atoms with Crippen LogP contribution in [-0.2, 0) is 16.0 Å². The third kappa shape index (κ3) is 3.65. The van der Waals surface area contributed by atoms with Crippen molar-refractivity contribution in [2.45, 2.75) is 13.3 Å². The minimum atomic E-state index is -0.808. The molecule has 0 spiro atoms. The van der Waals surface area contributed by atoms with E-state index in [4.69, 9.17) is 4.42 Å². The molecule has 4 amide bonds. The highest BCUT2D eigenvalue weighted by atomic mass is 19.1. The summed E-state index contributed by atoms with van der Waals surface area (Å²) < 4.78 is 18.8. The van der Waals surface area contributed by atoms with Gasteiger partial charge in [-0.25, -0.2) is 14.1 Å². The number of carbonyl (C=O) groups is 3. The minimum Gasteiger partial charge on any atom is -0.457 e. The molecule has 3 aromatic rings. The summed E-state index contributed by atoms with van der Waals surface area (Å²) in [5.74, 6) is -1.20. The number of rotatable bonds is 4. The monoisotopic (exact) mass is 404 g/mol. The average Bonchev–Trinajstić information content (AvgIpc) is 3.21. The van der Waals surface area contributed by atoms with Crippen LogP contribution in [0.1, 0.15) is 18.2 Å². The number of halogens is 1. The predicted molar refractivity (Wildman–Crippen MR) is 109 cm³/mol. The number of carbonyl (C=O) groups excluding carboxylic acids is 3. The first-order chi connectivity index (χ1) is 14.5. The Bertz CT molecular complexity index is 1160. The maximum atomic E-state index is 13.1. The van der Waals surface area contributed by atoms with Crippen LogP contribution in [0.2, 0.25) is 0 Å². The van der Waals surface area contributed by atoms with Crippen LogP contribution in [0.3, 0.4) is 0 Å². The number of imide groups is 2. The standard InChI is InChI=1S/C23H17FN2O4/c1-2-14-3-9-17(10-4-14)26-22(28)19(21(27)25-23(26)29)13-18-11-12-20(30-18)15-5-7-16(24)8-6-15/h3-13H,2H2,1H3,(H,25,27,29)/b19-13+. The Hall–Kier alpha value is -4.00. The van der Waals surface area contributed by atoms with Crippen molar-refractivity contribution in [2.75, 3.05) is 4.90 Å². The van der Waals surface area contributed by atoms with Gasteiger partial charge in [-0.3, -0.25) is 14.9 Å². The van der Waals surface area contributed by atoms with Crippen LogP contribution in [0.15, 0.2) is 70.7 Å². The van der Waals surface area contributed by atoms with Gasteiger partial charge in [0.1, 0.15) is 22.9 Å². The molecule has 150 valence electrons. The molecule has 6 nitrogen and oxygen atoms in total. The van der Waals surface area contributed by atoms with Gasteiger partial charge in [0.05, 0.1) is 5.69 Å². The number of urea groups is 1. The van der Waals surface area contributed by atoms with E-state index in [1.807, 2.05) is 19.1 Å². The Kier molecular flexibility index (Phi) is 5.02. The number of benzene rings is 2. The second-order valence-electron chi connectivity index (χ2n) is 6.69. The first-order valence-electron chi connectivity index (χ1n) is 9.32. The van der Waals surface area contributed by atoms with Crippen molar-refractivity contribution in [1.82, 2.24) is 5.32 Å². The van der Waals surface area contributed by atoms with Crippen LogP contribution < -0.4 is 10.2 Å². The fourth-order valence-electron chi connectivity index (χ4n) is 3.11. The van der Waals surface area contributed by atoms with E-state index in [0.29, 0.717) is 17.0 Å². The van der Waals surface area contributed by atoms with Gasteiger partial charge in [0.25, 0.3) is 11.8 Å². The van der Waals surface area contributed by atoms with Crippen LogP contribution in [0.25, 0.3) is 17.4 Å². The lowest BCUT2D eigenvalue weighted by molar-refractivity contribution is -0.122. The molecule has 1 aliphatic heterocycles. The molecule has 0 unspecified atom stereocenters. The Labute approximate surface area is 171 Å². The van der Waals surface area contributed by atoms with Gasteiger partial charge in [0.2, 0.25) is 0 Å². The second-order valence-corrected chi connectivity index (χ2v) is 6.69. The minimum absolute atomic E-state index is 0.228. The van der Waals surface area contributed by atoms with E-state index in [1.54, 1.807) is 36.4 Å². The van der Waals surface area contributed by atoms with E-state index < -0.39 is 17.8 Å². The number of aryl methyl sites for hydroxylation is 1. The van der Waals surface area contributed by atoms with E-state index in [-0.39, 0.29) is 17.2 Å². The summed E-state index contributed by atoms with van der Waals surface area (Å²) in [6.45, 7) is 2.00. The number of furan rings is 1. The summed E-state index contributed by atoms with van der Waals surface area (Å²) in [5.41, 5.74) is 1.83. The molecule has 30 heavy (non-hydrogen) atoms. The van der Waals surface area contributed by atoms with Crippen molar-refractivity contribution in [3.63, 3.8) is 0 Å². The summed E-state index contributed by atoms with van der Waals surface area (Å²) in [6, 6.07) is 15.1. The highest BCUT2D eigenvalue weighted by molar-refractivity contribution is 6.39. The van der Waals surface area contributed by atoms with Crippen LogP contribution in [0, 0.1) is 5.82 Å². The van der Waals surface area contributed by atoms with E-state index in [0.717, 1.165) is 16.9 Å². The molecule has 0 aliphatic carbocycles. The zero-order valence-corrected chi connectivity index (χ0v) is 16.0. The molecule has 1 aromatic heterocycles. The van der Waals surface area contributed by atoms with E-state index in [1.165, 1.54) is 18.2 Å². The molecule has 1 N–H and O–H groups in total. The van der Waals surface area contributed by atoms with Gasteiger partial charge in [-0.15, -0.1) is 0 Å². The third-order valence-corrected chi connectivity index (χ3v) is 4.75. The highest BCUT2D eigenvalue weighted by Gasteiger charge is 2.37. The number of hydrogen-bond donors (Lipinski definition) is 1. The van der Waals surface area contributed by atoms with E-state index in [2.05, 4.69) is 5.32 Å². The zero-order chi connectivity index (χ0) is 21.3. The fourth-order valence-corrected chi connectivity index (χ4v) is 3.11. The molecule has 0 radical (unpaired) electrons. The normalized spacial score (nSPS) is 15.6. The van der Waals surface area contributed by atoms with Gasteiger partial charge in [-0.05, 0) is 66.6 Å². The summed E-state index contributed by atoms with van der Waals surface area (Å²) in [4.78, 5) is 38.4. The zero-order valence-electron chi connectivity index (χ0n) is 16.0. The Morgan fingerprint density at radius 2 is 1.67 bits per heavy atom. The van der Waals surface area contributed by atoms with Crippen molar-refractivity contribution in [2.24, 2.45) is 0 Å². The van der Waals surface area contributed by atoms with Crippen LogP contribution in [0.4, 0.5) is 14.9 Å². The van der Waals surface area contributed by atoms with Crippen molar-refractivity contribution >= 4 is 29.6 Å². The maximum Gasteiger partial charge on any atom is 0.335 e. The number of anilines is 1. The largest absolute Gasteiger partial charge is 0.457 e. The maximum absolute atomic E-state index is 13.1. The average molecular weight is 404 g/mol. The third-order valence-electron chi connectivity index (χ3n) is 4.75. The van der Waals surface area contributed by atoms with Crippen molar-refractivity contribution in [1.29, 1.82) is 0 Å². The van der Waals surface area contributed by atoms with Gasteiger partial charge in [0, 0.05) is 5.56 Å². The number of nitrogens with one attached hydrogen (secondary N) is 1. The summed E-state index contributed by atoms with van der Waals surface area (Å²) in [5, 5.41) is 2.18. The highest BCUT2D eigenvalue weighted by Crippen LogP contribution is 2.26. The number of nitrogens with zero attached hydrogens (tertiary/aromatic N) is 1. The summed E-state index contributed by atoms with van der Waals surface area (Å²) in [7, 11) is 0. The topological polar surface area (TPSA) is 79.6 Å². The van der Waals surface area contributed by atoms with E-state index >= 15 is 0 Å². The molecule has 1 aliphatic rings. The summed E-state index contributed by atoms with van der Waals surface area (Å²) >= 11 is 0. The fraction of sp³-hybridized carbons (Fsp3) is 0.0870. The van der Waals surface area contributed by atoms with E-state index in [9.17, 15) is 18.8 Å². The smallest absolute Gasteiger partial charge is 0.335 e. The van der Waals surface area contributed by atoms with Gasteiger partial charge >= 0.3 is 6.03 Å². The first-order valence-corrected chi connectivity index (χ1v) is 9.32. The molecule has 1 fully saturated rings. The lowest BCUT2D eigenvalue weighted by atomic mass is 10.1. The van der Waals surface area contributed by atoms with Crippen molar-refractivity contribution in [3.05, 3.63) is 83.4 Å². The Morgan fingerprint density at radius 1 is 0.967 bits per heavy atom.